The Balaban J connectivity index is 1.98. The molecule has 2 atom stereocenters. The smallest absolute Gasteiger partial charge is 0.181 e. The van der Waals surface area contributed by atoms with Gasteiger partial charge in [-0.25, -0.2) is 0 Å². The van der Waals surface area contributed by atoms with E-state index in [1.54, 1.807) is 51.1 Å². The zero-order valence-electron chi connectivity index (χ0n) is 37.0. The van der Waals surface area contributed by atoms with Crippen molar-refractivity contribution in [3.05, 3.63) is 46.8 Å². The first-order chi connectivity index (χ1) is 26.7. The Morgan fingerprint density at radius 3 is 1.46 bits per heavy atom. The van der Waals surface area contributed by atoms with Crippen LogP contribution in [0.2, 0.25) is 0 Å². The van der Waals surface area contributed by atoms with Crippen LogP contribution in [0.25, 0.3) is 31.3 Å². The van der Waals surface area contributed by atoms with Crippen molar-refractivity contribution >= 4 is 22.7 Å². The van der Waals surface area contributed by atoms with Crippen LogP contribution in [-0.2, 0) is 10.8 Å². The largest absolute Gasteiger partial charge is 0.493 e. The van der Waals surface area contributed by atoms with Gasteiger partial charge in [-0.3, -0.25) is 0 Å². The van der Waals surface area contributed by atoms with E-state index in [-0.39, 0.29) is 10.8 Å². The molecule has 2 aromatic heterocycles. The van der Waals surface area contributed by atoms with Crippen molar-refractivity contribution in [2.75, 3.05) is 41.7 Å². The van der Waals surface area contributed by atoms with Gasteiger partial charge in [-0.1, -0.05) is 114 Å². The summed E-state index contributed by atoms with van der Waals surface area (Å²) in [6.07, 6.45) is 9.30. The highest BCUT2D eigenvalue weighted by Gasteiger charge is 2.33. The van der Waals surface area contributed by atoms with Gasteiger partial charge >= 0.3 is 0 Å². The normalized spacial score (nSPS) is 13.0. The third kappa shape index (κ3) is 10.6. The number of unbranched alkanes of at least 4 members (excludes halogenated alkanes) is 2. The van der Waals surface area contributed by atoms with Gasteiger partial charge in [0.1, 0.15) is 11.5 Å². The van der Waals surface area contributed by atoms with E-state index in [2.05, 4.69) is 106 Å². The fourth-order valence-corrected chi connectivity index (χ4v) is 9.73. The number of hydrogen-bond donors (Lipinski definition) is 0. The Hall–Kier alpha value is -3.36. The average Bonchev–Trinajstić information content (AvgIpc) is 3.76. The Kier molecular flexibility index (Phi) is 16.5. The summed E-state index contributed by atoms with van der Waals surface area (Å²) in [4.78, 5) is 3.98. The molecule has 4 rings (SSSR count). The maximum Gasteiger partial charge on any atom is 0.181 e. The van der Waals surface area contributed by atoms with E-state index in [1.165, 1.54) is 37.7 Å². The third-order valence-corrected chi connectivity index (χ3v) is 13.7. The molecule has 0 aliphatic rings. The SMILES string of the molecule is CCCCC(CC)COc1ccc(-c2sc(-c3sc(C(C)(C)C)c(OC)c3OC)c(OC)c2OC)cc1-c1cc(C(C)(C)C)ccc1OCC(CC)CCCC. The maximum absolute atomic E-state index is 6.84. The van der Waals surface area contributed by atoms with E-state index < -0.39 is 0 Å². The van der Waals surface area contributed by atoms with E-state index in [0.29, 0.717) is 42.3 Å². The molecule has 8 heteroatoms. The maximum atomic E-state index is 6.84. The average molecular weight is 807 g/mol. The van der Waals surface area contributed by atoms with Crippen LogP contribution in [0.15, 0.2) is 36.4 Å². The molecule has 0 N–H and O–H groups in total. The predicted molar refractivity (Wildman–Crippen MR) is 240 cm³/mol. The van der Waals surface area contributed by atoms with Gasteiger partial charge in [0.25, 0.3) is 0 Å². The van der Waals surface area contributed by atoms with E-state index in [1.807, 2.05) is 0 Å². The number of thiophene rings is 2. The fraction of sp³-hybridized carbons (Fsp3) is 0.583. The van der Waals surface area contributed by atoms with E-state index in [4.69, 9.17) is 28.4 Å². The number of benzene rings is 2. The number of ether oxygens (including phenoxy) is 6. The van der Waals surface area contributed by atoms with Crippen molar-refractivity contribution in [2.24, 2.45) is 11.8 Å². The van der Waals surface area contributed by atoms with Crippen LogP contribution in [0.3, 0.4) is 0 Å². The first-order valence-corrected chi connectivity index (χ1v) is 22.4. The third-order valence-electron chi connectivity index (χ3n) is 10.8. The van der Waals surface area contributed by atoms with Gasteiger partial charge in [-0.05, 0) is 71.6 Å². The zero-order chi connectivity index (χ0) is 41.2. The number of hydrogen-bond acceptors (Lipinski definition) is 8. The van der Waals surface area contributed by atoms with Crippen LogP contribution in [0.5, 0.6) is 34.5 Å². The first-order valence-electron chi connectivity index (χ1n) is 20.8. The van der Waals surface area contributed by atoms with Crippen molar-refractivity contribution in [3.8, 4) is 65.8 Å². The minimum absolute atomic E-state index is 0.0571. The minimum atomic E-state index is -0.147. The fourth-order valence-electron chi connectivity index (χ4n) is 7.08. The topological polar surface area (TPSA) is 55.4 Å². The molecule has 0 bridgehead atoms. The molecular weight excluding hydrogens is 737 g/mol. The van der Waals surface area contributed by atoms with E-state index in [9.17, 15) is 0 Å². The molecule has 2 aromatic carbocycles. The minimum Gasteiger partial charge on any atom is -0.493 e. The lowest BCUT2D eigenvalue weighted by Crippen LogP contribution is -2.14. The van der Waals surface area contributed by atoms with Crippen molar-refractivity contribution in [1.82, 2.24) is 0 Å². The Morgan fingerprint density at radius 1 is 0.536 bits per heavy atom. The Morgan fingerprint density at radius 2 is 1.00 bits per heavy atom. The highest BCUT2D eigenvalue weighted by Crippen LogP contribution is 2.60. The lowest BCUT2D eigenvalue weighted by molar-refractivity contribution is 0.231. The second-order valence-electron chi connectivity index (χ2n) is 17.0. The molecule has 4 aromatic rings. The molecule has 0 radical (unpaired) electrons. The molecule has 0 amide bonds. The molecule has 2 heterocycles. The lowest BCUT2D eigenvalue weighted by atomic mass is 9.85. The van der Waals surface area contributed by atoms with E-state index >= 15 is 0 Å². The summed E-state index contributed by atoms with van der Waals surface area (Å²) in [5.41, 5.74) is 4.11. The molecule has 0 fully saturated rings. The first kappa shape index (κ1) is 45.3. The van der Waals surface area contributed by atoms with E-state index in [0.717, 1.165) is 72.7 Å². The Labute approximate surface area is 347 Å². The van der Waals surface area contributed by atoms with Crippen LogP contribution >= 0.6 is 22.7 Å². The zero-order valence-corrected chi connectivity index (χ0v) is 38.6. The molecule has 0 aliphatic heterocycles. The van der Waals surface area contributed by atoms with Crippen LogP contribution in [0, 0.1) is 11.8 Å². The van der Waals surface area contributed by atoms with Gasteiger partial charge in [-0.2, -0.15) is 0 Å². The summed E-state index contributed by atoms with van der Waals surface area (Å²) >= 11 is 3.32. The quantitative estimate of drug-likeness (QED) is 0.0836. The van der Waals surface area contributed by atoms with Crippen molar-refractivity contribution < 1.29 is 28.4 Å². The molecular formula is C48H70O6S2. The summed E-state index contributed by atoms with van der Waals surface area (Å²) < 4.78 is 38.0. The molecule has 0 saturated heterocycles. The predicted octanol–water partition coefficient (Wildman–Crippen LogP) is 14.6. The molecule has 0 spiro atoms. The summed E-state index contributed by atoms with van der Waals surface area (Å²) in [6, 6.07) is 13.3. The van der Waals surface area contributed by atoms with Gasteiger partial charge in [0.2, 0.25) is 0 Å². The number of methoxy groups -OCH3 is 4. The summed E-state index contributed by atoms with van der Waals surface area (Å²) in [5, 5.41) is 0. The molecule has 6 nitrogen and oxygen atoms in total. The molecule has 310 valence electrons. The van der Waals surface area contributed by atoms with Crippen molar-refractivity contribution in [3.63, 3.8) is 0 Å². The monoisotopic (exact) mass is 806 g/mol. The summed E-state index contributed by atoms with van der Waals surface area (Å²) in [6.45, 7) is 23.8. The molecule has 56 heavy (non-hydrogen) atoms. The van der Waals surface area contributed by atoms with Crippen molar-refractivity contribution in [2.45, 2.75) is 131 Å². The highest BCUT2D eigenvalue weighted by atomic mass is 32.1. The van der Waals surface area contributed by atoms with Gasteiger partial charge in [0.15, 0.2) is 23.0 Å². The second-order valence-corrected chi connectivity index (χ2v) is 19.1. The standard InChI is InChI=1S/C48H70O6S2/c1-15-19-21-31(17-3)29-53-37-25-23-33(27-35(37)36-28-34(47(5,6)7)24-26-38(36)54-30-32(18-4)22-20-16-2)43-39(49-11)40(50-12)44(55-43)45-41(51-13)42(52-14)46(56-45)48(8,9)10/h23-28,31-32H,15-22,29-30H2,1-14H3. The number of rotatable bonds is 21. The Bertz CT molecular complexity index is 1840. The van der Waals surface area contributed by atoms with Crippen molar-refractivity contribution in [1.29, 1.82) is 0 Å². The summed E-state index contributed by atoms with van der Waals surface area (Å²) in [5.74, 6) is 5.57. The lowest BCUT2D eigenvalue weighted by Gasteiger charge is -2.24. The second kappa shape index (κ2) is 20.4. The van der Waals surface area contributed by atoms with Crippen LogP contribution in [-0.4, -0.2) is 41.7 Å². The van der Waals surface area contributed by atoms with Crippen LogP contribution in [0.1, 0.15) is 131 Å². The van der Waals surface area contributed by atoms with Crippen LogP contribution < -0.4 is 28.4 Å². The van der Waals surface area contributed by atoms with Gasteiger partial charge in [-0.15, -0.1) is 22.7 Å². The molecule has 0 aliphatic carbocycles. The summed E-state index contributed by atoms with van der Waals surface area (Å²) in [7, 11) is 6.83. The molecule has 0 saturated carbocycles. The van der Waals surface area contributed by atoms with Gasteiger partial charge < -0.3 is 28.4 Å². The molecule has 2 unspecified atom stereocenters. The van der Waals surface area contributed by atoms with Gasteiger partial charge in [0.05, 0.1) is 61.2 Å². The highest BCUT2D eigenvalue weighted by molar-refractivity contribution is 7.25. The van der Waals surface area contributed by atoms with Gasteiger partial charge in [0, 0.05) is 16.5 Å². The van der Waals surface area contributed by atoms with Crippen LogP contribution in [0.4, 0.5) is 0 Å².